The maximum Gasteiger partial charge on any atom is 0.0499 e. The molecule has 0 aliphatic rings. The van der Waals surface area contributed by atoms with Gasteiger partial charge in [0.15, 0.2) is 0 Å². The largest absolute Gasteiger partial charge is 0.384 e. The maximum absolute atomic E-state index is 5.13. The SMILES string of the molecule is COCC(C)CNCc1cccc2cnccc12. The molecule has 1 aromatic carbocycles. The Hall–Kier alpha value is -1.45. The van der Waals surface area contributed by atoms with Crippen molar-refractivity contribution in [2.75, 3.05) is 20.3 Å². The van der Waals surface area contributed by atoms with E-state index in [9.17, 15) is 0 Å². The van der Waals surface area contributed by atoms with Crippen LogP contribution in [0.3, 0.4) is 0 Å². The highest BCUT2D eigenvalue weighted by Crippen LogP contribution is 2.17. The molecule has 0 bridgehead atoms. The van der Waals surface area contributed by atoms with E-state index in [0.717, 1.165) is 19.7 Å². The van der Waals surface area contributed by atoms with Gasteiger partial charge in [0.25, 0.3) is 0 Å². The van der Waals surface area contributed by atoms with E-state index in [-0.39, 0.29) is 0 Å². The highest BCUT2D eigenvalue weighted by Gasteiger charge is 2.03. The number of pyridine rings is 1. The predicted molar refractivity (Wildman–Crippen MR) is 74.5 cm³/mol. The first-order chi connectivity index (χ1) is 8.81. The maximum atomic E-state index is 5.13. The Balaban J connectivity index is 1.99. The molecule has 18 heavy (non-hydrogen) atoms. The molecule has 96 valence electrons. The first kappa shape index (κ1) is 13.0. The minimum atomic E-state index is 0.534. The first-order valence-corrected chi connectivity index (χ1v) is 6.32. The lowest BCUT2D eigenvalue weighted by atomic mass is 10.1. The van der Waals surface area contributed by atoms with E-state index in [1.165, 1.54) is 16.3 Å². The number of rotatable bonds is 6. The molecule has 1 heterocycles. The van der Waals surface area contributed by atoms with Gasteiger partial charge in [0.1, 0.15) is 0 Å². The number of nitrogens with one attached hydrogen (secondary N) is 1. The summed E-state index contributed by atoms with van der Waals surface area (Å²) >= 11 is 0. The summed E-state index contributed by atoms with van der Waals surface area (Å²) in [6.45, 7) is 4.83. The Morgan fingerprint density at radius 1 is 1.33 bits per heavy atom. The normalized spacial score (nSPS) is 12.8. The van der Waals surface area contributed by atoms with Gasteiger partial charge in [-0.05, 0) is 22.9 Å². The van der Waals surface area contributed by atoms with Crippen molar-refractivity contribution < 1.29 is 4.74 Å². The molecule has 0 amide bonds. The van der Waals surface area contributed by atoms with Crippen LogP contribution in [0.5, 0.6) is 0 Å². The van der Waals surface area contributed by atoms with Gasteiger partial charge >= 0.3 is 0 Å². The van der Waals surface area contributed by atoms with Crippen LogP contribution in [0, 0.1) is 5.92 Å². The zero-order valence-corrected chi connectivity index (χ0v) is 11.0. The van der Waals surface area contributed by atoms with Gasteiger partial charge in [-0.15, -0.1) is 0 Å². The van der Waals surface area contributed by atoms with E-state index in [2.05, 4.69) is 41.5 Å². The molecule has 1 unspecified atom stereocenters. The Morgan fingerprint density at radius 3 is 3.06 bits per heavy atom. The van der Waals surface area contributed by atoms with E-state index in [4.69, 9.17) is 4.74 Å². The highest BCUT2D eigenvalue weighted by molar-refractivity contribution is 5.84. The third-order valence-corrected chi connectivity index (χ3v) is 3.03. The second-order valence-electron chi connectivity index (χ2n) is 4.71. The topological polar surface area (TPSA) is 34.1 Å². The second kappa shape index (κ2) is 6.47. The quantitative estimate of drug-likeness (QED) is 0.848. The van der Waals surface area contributed by atoms with Crippen molar-refractivity contribution in [3.05, 3.63) is 42.2 Å². The van der Waals surface area contributed by atoms with E-state index in [1.807, 2.05) is 12.4 Å². The van der Waals surface area contributed by atoms with Gasteiger partial charge in [-0.1, -0.05) is 25.1 Å². The molecule has 1 atom stereocenters. The fourth-order valence-electron chi connectivity index (χ4n) is 2.14. The Morgan fingerprint density at radius 2 is 2.22 bits per heavy atom. The first-order valence-electron chi connectivity index (χ1n) is 6.32. The van der Waals surface area contributed by atoms with Crippen LogP contribution in [0.2, 0.25) is 0 Å². The summed E-state index contributed by atoms with van der Waals surface area (Å²) in [5, 5.41) is 5.95. The van der Waals surface area contributed by atoms with Gasteiger partial charge in [0.2, 0.25) is 0 Å². The van der Waals surface area contributed by atoms with Crippen LogP contribution < -0.4 is 5.32 Å². The van der Waals surface area contributed by atoms with Gasteiger partial charge in [0.05, 0.1) is 0 Å². The van der Waals surface area contributed by atoms with Crippen LogP contribution in [0.15, 0.2) is 36.7 Å². The Bertz CT molecular complexity index is 493. The van der Waals surface area contributed by atoms with Gasteiger partial charge in [-0.2, -0.15) is 0 Å². The fourth-order valence-corrected chi connectivity index (χ4v) is 2.14. The lowest BCUT2D eigenvalue weighted by molar-refractivity contribution is 0.158. The number of aromatic nitrogens is 1. The molecule has 1 N–H and O–H groups in total. The monoisotopic (exact) mass is 244 g/mol. The van der Waals surface area contributed by atoms with Crippen molar-refractivity contribution in [3.8, 4) is 0 Å². The van der Waals surface area contributed by atoms with Gasteiger partial charge in [-0.3, -0.25) is 4.98 Å². The predicted octanol–water partition coefficient (Wildman–Crippen LogP) is 2.61. The van der Waals surface area contributed by atoms with Crippen LogP contribution >= 0.6 is 0 Å². The summed E-state index contributed by atoms with van der Waals surface area (Å²) < 4.78 is 5.13. The zero-order chi connectivity index (χ0) is 12.8. The highest BCUT2D eigenvalue weighted by atomic mass is 16.5. The summed E-state index contributed by atoms with van der Waals surface area (Å²) in [6.07, 6.45) is 3.76. The molecule has 2 rings (SSSR count). The number of hydrogen-bond acceptors (Lipinski definition) is 3. The number of benzene rings is 1. The van der Waals surface area contributed by atoms with Crippen molar-refractivity contribution >= 4 is 10.8 Å². The second-order valence-corrected chi connectivity index (χ2v) is 4.71. The van der Waals surface area contributed by atoms with Crippen molar-refractivity contribution in [3.63, 3.8) is 0 Å². The zero-order valence-electron chi connectivity index (χ0n) is 11.0. The molecular formula is C15H20N2O. The van der Waals surface area contributed by atoms with E-state index < -0.39 is 0 Å². The molecule has 0 aliphatic heterocycles. The molecule has 1 aromatic heterocycles. The molecule has 0 saturated carbocycles. The van der Waals surface area contributed by atoms with Crippen molar-refractivity contribution in [1.82, 2.24) is 10.3 Å². The summed E-state index contributed by atoms with van der Waals surface area (Å²) in [5.74, 6) is 0.534. The van der Waals surface area contributed by atoms with Crippen molar-refractivity contribution in [2.45, 2.75) is 13.5 Å². The average Bonchev–Trinajstić information content (AvgIpc) is 2.39. The summed E-state index contributed by atoms with van der Waals surface area (Å²) in [5.41, 5.74) is 1.32. The standard InChI is InChI=1S/C15H20N2O/c1-12(11-18-2)8-17-10-14-5-3-4-13-9-16-7-6-15(13)14/h3-7,9,12,17H,8,10-11H2,1-2H3. The van der Waals surface area contributed by atoms with Crippen LogP contribution in [0.1, 0.15) is 12.5 Å². The van der Waals surface area contributed by atoms with Gasteiger partial charge in [-0.25, -0.2) is 0 Å². The number of ether oxygens (including phenoxy) is 1. The summed E-state index contributed by atoms with van der Waals surface area (Å²) in [7, 11) is 1.74. The molecular weight excluding hydrogens is 224 g/mol. The van der Waals surface area contributed by atoms with Crippen LogP contribution in [-0.2, 0) is 11.3 Å². The third-order valence-electron chi connectivity index (χ3n) is 3.03. The average molecular weight is 244 g/mol. The molecule has 2 aromatic rings. The minimum Gasteiger partial charge on any atom is -0.384 e. The minimum absolute atomic E-state index is 0.534. The van der Waals surface area contributed by atoms with Gasteiger partial charge < -0.3 is 10.1 Å². The molecule has 0 saturated heterocycles. The summed E-state index contributed by atoms with van der Waals surface area (Å²) in [4.78, 5) is 4.15. The molecule has 0 radical (unpaired) electrons. The van der Waals surface area contributed by atoms with Crippen LogP contribution in [0.4, 0.5) is 0 Å². The molecule has 0 fully saturated rings. The van der Waals surface area contributed by atoms with Crippen LogP contribution in [-0.4, -0.2) is 25.2 Å². The third kappa shape index (κ3) is 3.28. The van der Waals surface area contributed by atoms with Gasteiger partial charge in [0, 0.05) is 44.6 Å². The number of fused-ring (bicyclic) bond motifs is 1. The van der Waals surface area contributed by atoms with E-state index >= 15 is 0 Å². The molecule has 3 heteroatoms. The van der Waals surface area contributed by atoms with Crippen LogP contribution in [0.25, 0.3) is 10.8 Å². The van der Waals surface area contributed by atoms with Crippen molar-refractivity contribution in [1.29, 1.82) is 0 Å². The number of hydrogen-bond donors (Lipinski definition) is 1. The molecule has 0 spiro atoms. The fraction of sp³-hybridized carbons (Fsp3) is 0.400. The lowest BCUT2D eigenvalue weighted by Gasteiger charge is -2.12. The Kier molecular flexibility index (Phi) is 4.67. The Labute approximate surface area is 108 Å². The smallest absolute Gasteiger partial charge is 0.0499 e. The molecule has 3 nitrogen and oxygen atoms in total. The number of nitrogens with zero attached hydrogens (tertiary/aromatic N) is 1. The van der Waals surface area contributed by atoms with E-state index in [1.54, 1.807) is 7.11 Å². The molecule has 0 aliphatic carbocycles. The van der Waals surface area contributed by atoms with Crippen molar-refractivity contribution in [2.24, 2.45) is 5.92 Å². The number of methoxy groups -OCH3 is 1. The summed E-state index contributed by atoms with van der Waals surface area (Å²) in [6, 6.07) is 8.42. The van der Waals surface area contributed by atoms with E-state index in [0.29, 0.717) is 5.92 Å². The lowest BCUT2D eigenvalue weighted by Crippen LogP contribution is -2.23.